The average molecular weight is 262 g/mol. The summed E-state index contributed by atoms with van der Waals surface area (Å²) in [6.07, 6.45) is 2.67. The molecule has 18 heavy (non-hydrogen) atoms. The fourth-order valence-corrected chi connectivity index (χ4v) is 2.35. The van der Waals surface area contributed by atoms with Gasteiger partial charge < -0.3 is 10.6 Å². The summed E-state index contributed by atoms with van der Waals surface area (Å²) >= 11 is 1.75. The summed E-state index contributed by atoms with van der Waals surface area (Å²) in [5.41, 5.74) is 0. The van der Waals surface area contributed by atoms with Gasteiger partial charge in [-0.3, -0.25) is 0 Å². The zero-order valence-corrected chi connectivity index (χ0v) is 11.5. The number of thiophene rings is 1. The molecule has 0 saturated carbocycles. The Bertz CT molecular complexity index is 470. The first-order chi connectivity index (χ1) is 8.79. The third kappa shape index (κ3) is 3.43. The van der Waals surface area contributed by atoms with E-state index < -0.39 is 0 Å². The Kier molecular flexibility index (Phi) is 4.52. The molecular weight excluding hydrogens is 244 g/mol. The zero-order chi connectivity index (χ0) is 12.8. The Morgan fingerprint density at radius 1 is 1.33 bits per heavy atom. The van der Waals surface area contributed by atoms with E-state index in [1.54, 1.807) is 17.7 Å². The van der Waals surface area contributed by atoms with Crippen molar-refractivity contribution in [3.63, 3.8) is 0 Å². The molecule has 0 radical (unpaired) electrons. The molecule has 4 nitrogen and oxygen atoms in total. The standard InChI is InChI=1S/C13H18N4S/c1-3-6-14-12-8-13(16-9-15-12)17-10(2)11-5-4-7-18-11/h4-5,7-10H,3,6H2,1-2H3,(H2,14,15,16,17). The Hall–Kier alpha value is -1.62. The lowest BCUT2D eigenvalue weighted by Gasteiger charge is -2.13. The number of rotatable bonds is 6. The van der Waals surface area contributed by atoms with Gasteiger partial charge in [-0.15, -0.1) is 11.3 Å². The molecule has 2 heterocycles. The highest BCUT2D eigenvalue weighted by Gasteiger charge is 2.07. The van der Waals surface area contributed by atoms with Crippen molar-refractivity contribution in [1.82, 2.24) is 9.97 Å². The van der Waals surface area contributed by atoms with Crippen molar-refractivity contribution in [2.45, 2.75) is 26.3 Å². The third-order valence-electron chi connectivity index (χ3n) is 2.56. The van der Waals surface area contributed by atoms with E-state index in [0.717, 1.165) is 24.6 Å². The number of aromatic nitrogens is 2. The van der Waals surface area contributed by atoms with Gasteiger partial charge in [0.25, 0.3) is 0 Å². The predicted molar refractivity (Wildman–Crippen MR) is 77.2 cm³/mol. The molecule has 0 fully saturated rings. The molecule has 1 atom stereocenters. The van der Waals surface area contributed by atoms with Crippen molar-refractivity contribution in [1.29, 1.82) is 0 Å². The van der Waals surface area contributed by atoms with Crippen LogP contribution in [0.4, 0.5) is 11.6 Å². The largest absolute Gasteiger partial charge is 0.370 e. The van der Waals surface area contributed by atoms with Crippen LogP contribution in [0.3, 0.4) is 0 Å². The van der Waals surface area contributed by atoms with Gasteiger partial charge >= 0.3 is 0 Å². The van der Waals surface area contributed by atoms with Gasteiger partial charge in [0.2, 0.25) is 0 Å². The number of anilines is 2. The van der Waals surface area contributed by atoms with Crippen LogP contribution in [0, 0.1) is 0 Å². The molecule has 96 valence electrons. The molecule has 2 rings (SSSR count). The summed E-state index contributed by atoms with van der Waals surface area (Å²) in [6, 6.07) is 6.39. The summed E-state index contributed by atoms with van der Waals surface area (Å²) < 4.78 is 0. The first kappa shape index (κ1) is 12.8. The molecule has 2 aromatic heterocycles. The number of nitrogens with one attached hydrogen (secondary N) is 2. The molecule has 0 aliphatic carbocycles. The average Bonchev–Trinajstić information content (AvgIpc) is 2.91. The molecule has 0 amide bonds. The topological polar surface area (TPSA) is 49.8 Å². The number of hydrogen-bond acceptors (Lipinski definition) is 5. The van der Waals surface area contributed by atoms with Crippen LogP contribution >= 0.6 is 11.3 Å². The number of nitrogens with zero attached hydrogens (tertiary/aromatic N) is 2. The molecule has 2 aromatic rings. The second-order valence-electron chi connectivity index (χ2n) is 4.10. The first-order valence-electron chi connectivity index (χ1n) is 6.15. The molecular formula is C13H18N4S. The summed E-state index contributed by atoms with van der Waals surface area (Å²) in [5, 5.41) is 8.72. The molecule has 0 aromatic carbocycles. The third-order valence-corrected chi connectivity index (χ3v) is 3.61. The van der Waals surface area contributed by atoms with E-state index in [1.807, 2.05) is 6.07 Å². The van der Waals surface area contributed by atoms with Gasteiger partial charge in [-0.25, -0.2) is 9.97 Å². The lowest BCUT2D eigenvalue weighted by atomic mass is 10.3. The van der Waals surface area contributed by atoms with Crippen molar-refractivity contribution >= 4 is 23.0 Å². The van der Waals surface area contributed by atoms with Crippen LogP contribution in [0.25, 0.3) is 0 Å². The molecule has 0 aliphatic heterocycles. The highest BCUT2D eigenvalue weighted by molar-refractivity contribution is 7.10. The summed E-state index contributed by atoms with van der Waals surface area (Å²) in [4.78, 5) is 9.73. The van der Waals surface area contributed by atoms with E-state index in [-0.39, 0.29) is 6.04 Å². The lowest BCUT2D eigenvalue weighted by Crippen LogP contribution is -2.08. The summed E-state index contributed by atoms with van der Waals surface area (Å²) in [7, 11) is 0. The molecule has 1 unspecified atom stereocenters. The van der Waals surface area contributed by atoms with Gasteiger partial charge in [0.1, 0.15) is 18.0 Å². The second-order valence-corrected chi connectivity index (χ2v) is 5.08. The lowest BCUT2D eigenvalue weighted by molar-refractivity contribution is 0.891. The summed E-state index contributed by atoms with van der Waals surface area (Å²) in [5.74, 6) is 1.72. The van der Waals surface area contributed by atoms with Gasteiger partial charge in [-0.2, -0.15) is 0 Å². The molecule has 0 saturated heterocycles. The quantitative estimate of drug-likeness (QED) is 0.836. The van der Waals surface area contributed by atoms with Crippen molar-refractivity contribution in [3.8, 4) is 0 Å². The predicted octanol–water partition coefficient (Wildman–Crippen LogP) is 3.53. The Balaban J connectivity index is 2.00. The van der Waals surface area contributed by atoms with Crippen LogP contribution in [-0.4, -0.2) is 16.5 Å². The Labute approximate surface area is 111 Å². The monoisotopic (exact) mass is 262 g/mol. The van der Waals surface area contributed by atoms with Crippen LogP contribution in [0.15, 0.2) is 29.9 Å². The highest BCUT2D eigenvalue weighted by atomic mass is 32.1. The maximum Gasteiger partial charge on any atom is 0.131 e. The van der Waals surface area contributed by atoms with E-state index in [4.69, 9.17) is 0 Å². The second kappa shape index (κ2) is 6.35. The van der Waals surface area contributed by atoms with E-state index in [2.05, 4.69) is 52.0 Å². The van der Waals surface area contributed by atoms with E-state index >= 15 is 0 Å². The van der Waals surface area contributed by atoms with Crippen LogP contribution < -0.4 is 10.6 Å². The van der Waals surface area contributed by atoms with E-state index in [0.29, 0.717) is 0 Å². The number of hydrogen-bond donors (Lipinski definition) is 2. The van der Waals surface area contributed by atoms with Gasteiger partial charge in [-0.1, -0.05) is 13.0 Å². The van der Waals surface area contributed by atoms with Gasteiger partial charge in [0, 0.05) is 17.5 Å². The fourth-order valence-electron chi connectivity index (χ4n) is 1.62. The maximum absolute atomic E-state index is 4.24. The minimum absolute atomic E-state index is 0.263. The van der Waals surface area contributed by atoms with Crippen LogP contribution in [-0.2, 0) is 0 Å². The Morgan fingerprint density at radius 3 is 2.89 bits per heavy atom. The summed E-state index contributed by atoms with van der Waals surface area (Å²) in [6.45, 7) is 5.19. The van der Waals surface area contributed by atoms with Crippen molar-refractivity contribution in [2.75, 3.05) is 17.2 Å². The Morgan fingerprint density at radius 2 is 2.17 bits per heavy atom. The van der Waals surface area contributed by atoms with Crippen LogP contribution in [0.2, 0.25) is 0 Å². The van der Waals surface area contributed by atoms with Crippen LogP contribution in [0.5, 0.6) is 0 Å². The first-order valence-corrected chi connectivity index (χ1v) is 7.03. The molecule has 5 heteroatoms. The van der Waals surface area contributed by atoms with E-state index in [1.165, 1.54) is 4.88 Å². The minimum Gasteiger partial charge on any atom is -0.370 e. The smallest absolute Gasteiger partial charge is 0.131 e. The van der Waals surface area contributed by atoms with Crippen LogP contribution in [0.1, 0.15) is 31.2 Å². The van der Waals surface area contributed by atoms with Crippen molar-refractivity contribution < 1.29 is 0 Å². The van der Waals surface area contributed by atoms with Crippen molar-refractivity contribution in [2.24, 2.45) is 0 Å². The van der Waals surface area contributed by atoms with Gasteiger partial charge in [0.05, 0.1) is 6.04 Å². The molecule has 0 bridgehead atoms. The van der Waals surface area contributed by atoms with Crippen molar-refractivity contribution in [3.05, 3.63) is 34.8 Å². The van der Waals surface area contributed by atoms with Gasteiger partial charge in [-0.05, 0) is 24.8 Å². The minimum atomic E-state index is 0.263. The zero-order valence-electron chi connectivity index (χ0n) is 10.7. The highest BCUT2D eigenvalue weighted by Crippen LogP contribution is 2.22. The molecule has 0 spiro atoms. The van der Waals surface area contributed by atoms with Gasteiger partial charge in [0.15, 0.2) is 0 Å². The van der Waals surface area contributed by atoms with E-state index in [9.17, 15) is 0 Å². The maximum atomic E-state index is 4.24. The fraction of sp³-hybridized carbons (Fsp3) is 0.385. The molecule has 2 N–H and O–H groups in total. The normalized spacial score (nSPS) is 12.1. The SMILES string of the molecule is CCCNc1cc(NC(C)c2cccs2)ncn1. The molecule has 0 aliphatic rings.